The fourth-order valence-corrected chi connectivity index (χ4v) is 2.27. The highest BCUT2D eigenvalue weighted by Gasteiger charge is 2.18. The second-order valence-electron chi connectivity index (χ2n) is 4.27. The van der Waals surface area contributed by atoms with Gasteiger partial charge in [0.05, 0.1) is 6.04 Å². The molecule has 3 N–H and O–H groups in total. The molecule has 0 heterocycles. The fourth-order valence-electron chi connectivity index (χ4n) is 1.89. The fraction of sp³-hybridized carbons (Fsp3) is 0.143. The Morgan fingerprint density at radius 1 is 1.11 bits per heavy atom. The number of rotatable bonds is 3. The maximum Gasteiger partial charge on any atom is 0.128 e. The Hall–Kier alpha value is -1.30. The van der Waals surface area contributed by atoms with Gasteiger partial charge in [-0.15, -0.1) is 0 Å². The van der Waals surface area contributed by atoms with Crippen LogP contribution in [0.5, 0.6) is 0 Å². The zero-order valence-electron chi connectivity index (χ0n) is 10.3. The van der Waals surface area contributed by atoms with E-state index in [9.17, 15) is 8.78 Å². The average molecular weight is 327 g/mol. The summed E-state index contributed by atoms with van der Waals surface area (Å²) in [7, 11) is 0. The number of hydrogen-bond acceptors (Lipinski definition) is 2. The van der Waals surface area contributed by atoms with Crippen molar-refractivity contribution in [3.8, 4) is 0 Å². The van der Waals surface area contributed by atoms with Crippen molar-refractivity contribution in [3.63, 3.8) is 0 Å². The Bertz CT molecular complexity index is 602. The molecule has 0 saturated carbocycles. The van der Waals surface area contributed by atoms with Crippen LogP contribution in [0, 0.1) is 18.6 Å². The van der Waals surface area contributed by atoms with E-state index >= 15 is 0 Å². The summed E-state index contributed by atoms with van der Waals surface area (Å²) in [4.78, 5) is 0. The van der Waals surface area contributed by atoms with Gasteiger partial charge in [0, 0.05) is 10.0 Å². The molecule has 2 aromatic carbocycles. The molecule has 2 nitrogen and oxygen atoms in total. The third-order valence-electron chi connectivity index (χ3n) is 2.96. The zero-order chi connectivity index (χ0) is 14.0. The number of hydrazine groups is 1. The first-order valence-corrected chi connectivity index (χ1v) is 6.49. The smallest absolute Gasteiger partial charge is 0.128 e. The van der Waals surface area contributed by atoms with Crippen molar-refractivity contribution in [3.05, 3.63) is 69.2 Å². The summed E-state index contributed by atoms with van der Waals surface area (Å²) in [5.74, 6) is 4.75. The largest absolute Gasteiger partial charge is 0.271 e. The summed E-state index contributed by atoms with van der Waals surface area (Å²) in [5, 5.41) is 0. The number of aryl methyl sites for hydroxylation is 1. The van der Waals surface area contributed by atoms with E-state index in [1.807, 2.05) is 0 Å². The molecule has 0 amide bonds. The SMILES string of the molecule is Cc1ccc(C(NN)c2cc(Br)ccc2F)cc1F. The minimum Gasteiger partial charge on any atom is -0.271 e. The molecular weight excluding hydrogens is 314 g/mol. The van der Waals surface area contributed by atoms with Crippen molar-refractivity contribution in [1.82, 2.24) is 5.43 Å². The molecule has 1 unspecified atom stereocenters. The van der Waals surface area contributed by atoms with Crippen LogP contribution in [0.1, 0.15) is 22.7 Å². The highest BCUT2D eigenvalue weighted by molar-refractivity contribution is 9.10. The van der Waals surface area contributed by atoms with Crippen LogP contribution < -0.4 is 11.3 Å². The quantitative estimate of drug-likeness (QED) is 0.668. The van der Waals surface area contributed by atoms with E-state index in [0.29, 0.717) is 16.7 Å². The molecule has 19 heavy (non-hydrogen) atoms. The molecule has 0 aliphatic rings. The van der Waals surface area contributed by atoms with Crippen LogP contribution >= 0.6 is 15.9 Å². The molecule has 0 spiro atoms. The van der Waals surface area contributed by atoms with Gasteiger partial charge in [-0.3, -0.25) is 5.84 Å². The van der Waals surface area contributed by atoms with Gasteiger partial charge in [0.15, 0.2) is 0 Å². The number of nitrogens with two attached hydrogens (primary N) is 1. The highest BCUT2D eigenvalue weighted by Crippen LogP contribution is 2.27. The number of nitrogens with one attached hydrogen (secondary N) is 1. The summed E-state index contributed by atoms with van der Waals surface area (Å²) in [6.07, 6.45) is 0. The molecule has 0 saturated heterocycles. The van der Waals surface area contributed by atoms with Crippen LogP contribution in [0.4, 0.5) is 8.78 Å². The summed E-state index contributed by atoms with van der Waals surface area (Å²) in [5.41, 5.74) is 3.99. The first-order chi connectivity index (χ1) is 9.02. The molecule has 5 heteroatoms. The van der Waals surface area contributed by atoms with Gasteiger partial charge in [-0.05, 0) is 42.3 Å². The second kappa shape index (κ2) is 5.77. The first-order valence-electron chi connectivity index (χ1n) is 5.70. The lowest BCUT2D eigenvalue weighted by atomic mass is 9.98. The molecular formula is C14H13BrF2N2. The lowest BCUT2D eigenvalue weighted by Crippen LogP contribution is -2.29. The Balaban J connectivity index is 2.49. The molecule has 2 aromatic rings. The molecule has 2 rings (SSSR count). The normalized spacial score (nSPS) is 12.5. The van der Waals surface area contributed by atoms with Gasteiger partial charge in [-0.25, -0.2) is 14.2 Å². The molecule has 0 radical (unpaired) electrons. The van der Waals surface area contributed by atoms with Gasteiger partial charge in [0.25, 0.3) is 0 Å². The summed E-state index contributed by atoms with van der Waals surface area (Å²) in [6, 6.07) is 8.69. The van der Waals surface area contributed by atoms with Crippen LogP contribution in [-0.4, -0.2) is 0 Å². The van der Waals surface area contributed by atoms with Crippen molar-refractivity contribution in [2.24, 2.45) is 5.84 Å². The second-order valence-corrected chi connectivity index (χ2v) is 5.19. The van der Waals surface area contributed by atoms with Crippen molar-refractivity contribution in [2.75, 3.05) is 0 Å². The predicted octanol–water partition coefficient (Wildman–Crippen LogP) is 3.59. The topological polar surface area (TPSA) is 38.0 Å². The molecule has 0 fully saturated rings. The van der Waals surface area contributed by atoms with Gasteiger partial charge < -0.3 is 0 Å². The standard InChI is InChI=1S/C14H13BrF2N2/c1-8-2-3-9(6-13(8)17)14(19-18)11-7-10(15)4-5-12(11)16/h2-7,14,19H,18H2,1H3. The summed E-state index contributed by atoms with van der Waals surface area (Å²) < 4.78 is 28.2. The third kappa shape index (κ3) is 3.00. The Morgan fingerprint density at radius 3 is 2.47 bits per heavy atom. The zero-order valence-corrected chi connectivity index (χ0v) is 11.8. The minimum absolute atomic E-state index is 0.340. The van der Waals surface area contributed by atoms with Crippen molar-refractivity contribution >= 4 is 15.9 Å². The highest BCUT2D eigenvalue weighted by atomic mass is 79.9. The van der Waals surface area contributed by atoms with Crippen molar-refractivity contribution in [1.29, 1.82) is 0 Å². The first kappa shape index (κ1) is 14.1. The van der Waals surface area contributed by atoms with Gasteiger partial charge in [-0.1, -0.05) is 28.1 Å². The molecule has 100 valence electrons. The van der Waals surface area contributed by atoms with Gasteiger partial charge in [-0.2, -0.15) is 0 Å². The Morgan fingerprint density at radius 2 is 1.84 bits per heavy atom. The van der Waals surface area contributed by atoms with Crippen molar-refractivity contribution < 1.29 is 8.78 Å². The number of halogens is 3. The molecule has 1 atom stereocenters. The summed E-state index contributed by atoms with van der Waals surface area (Å²) in [6.45, 7) is 1.67. The molecule has 0 aliphatic heterocycles. The van der Waals surface area contributed by atoms with E-state index in [1.165, 1.54) is 12.1 Å². The summed E-state index contributed by atoms with van der Waals surface area (Å²) >= 11 is 3.28. The van der Waals surface area contributed by atoms with E-state index < -0.39 is 11.9 Å². The number of benzene rings is 2. The average Bonchev–Trinajstić information content (AvgIpc) is 2.38. The van der Waals surface area contributed by atoms with Crippen LogP contribution in [0.2, 0.25) is 0 Å². The van der Waals surface area contributed by atoms with Gasteiger partial charge in [0.1, 0.15) is 11.6 Å². The van der Waals surface area contributed by atoms with Crippen LogP contribution in [-0.2, 0) is 0 Å². The van der Waals surface area contributed by atoms with Crippen LogP contribution in [0.3, 0.4) is 0 Å². The predicted molar refractivity (Wildman–Crippen MR) is 74.4 cm³/mol. The molecule has 0 aromatic heterocycles. The van der Waals surface area contributed by atoms with E-state index in [2.05, 4.69) is 21.4 Å². The van der Waals surface area contributed by atoms with Crippen molar-refractivity contribution in [2.45, 2.75) is 13.0 Å². The van der Waals surface area contributed by atoms with Gasteiger partial charge >= 0.3 is 0 Å². The minimum atomic E-state index is -0.604. The van der Waals surface area contributed by atoms with E-state index in [1.54, 1.807) is 31.2 Å². The van der Waals surface area contributed by atoms with E-state index in [-0.39, 0.29) is 5.82 Å². The monoisotopic (exact) mass is 326 g/mol. The van der Waals surface area contributed by atoms with Crippen LogP contribution in [0.25, 0.3) is 0 Å². The molecule has 0 aliphatic carbocycles. The number of hydrogen-bond donors (Lipinski definition) is 2. The molecule has 0 bridgehead atoms. The van der Waals surface area contributed by atoms with Crippen LogP contribution in [0.15, 0.2) is 40.9 Å². The Kier molecular flexibility index (Phi) is 4.29. The maximum absolute atomic E-state index is 13.9. The van der Waals surface area contributed by atoms with Gasteiger partial charge in [0.2, 0.25) is 0 Å². The van der Waals surface area contributed by atoms with E-state index in [0.717, 1.165) is 4.47 Å². The lowest BCUT2D eigenvalue weighted by Gasteiger charge is -2.18. The Labute approximate surface area is 118 Å². The van der Waals surface area contributed by atoms with E-state index in [4.69, 9.17) is 5.84 Å². The third-order valence-corrected chi connectivity index (χ3v) is 3.46. The maximum atomic E-state index is 13.9. The lowest BCUT2D eigenvalue weighted by molar-refractivity contribution is 0.554.